The number of halogens is 3. The lowest BCUT2D eigenvalue weighted by Crippen LogP contribution is -2.10. The molecule has 0 fully saturated rings. The van der Waals surface area contributed by atoms with E-state index in [1.807, 2.05) is 23.0 Å². The second-order valence-electron chi connectivity index (χ2n) is 4.65. The van der Waals surface area contributed by atoms with Crippen molar-refractivity contribution in [2.24, 2.45) is 0 Å². The van der Waals surface area contributed by atoms with Crippen LogP contribution in [0.25, 0.3) is 0 Å². The lowest BCUT2D eigenvalue weighted by molar-refractivity contribution is -0.136. The second kappa shape index (κ2) is 6.03. The molecular weight excluding hydrogens is 265 g/mol. The average molecular weight is 282 g/mol. The summed E-state index contributed by atoms with van der Waals surface area (Å²) in [7, 11) is 0. The Morgan fingerprint density at radius 1 is 1.15 bits per heavy atom. The third-order valence-electron chi connectivity index (χ3n) is 3.01. The largest absolute Gasteiger partial charge is 0.418 e. The van der Waals surface area contributed by atoms with Crippen LogP contribution < -0.4 is 5.32 Å². The molecule has 0 bridgehead atoms. The van der Waals surface area contributed by atoms with Crippen molar-refractivity contribution in [2.75, 3.05) is 5.32 Å². The fourth-order valence-corrected chi connectivity index (χ4v) is 2.07. The Morgan fingerprint density at radius 3 is 2.60 bits per heavy atom. The predicted molar refractivity (Wildman–Crippen MR) is 73.5 cm³/mol. The first kappa shape index (κ1) is 14.5. The smallest absolute Gasteiger partial charge is 0.380 e. The molecule has 0 radical (unpaired) electrons. The fourth-order valence-electron chi connectivity index (χ4n) is 2.07. The normalized spacial score (nSPS) is 11.6. The molecule has 2 aromatic rings. The van der Waals surface area contributed by atoms with Crippen LogP contribution in [0.2, 0.25) is 0 Å². The van der Waals surface area contributed by atoms with Crippen LogP contribution in [0.15, 0.2) is 42.7 Å². The van der Waals surface area contributed by atoms with Gasteiger partial charge in [0.1, 0.15) is 0 Å². The lowest BCUT2D eigenvalue weighted by atomic mass is 10.1. The van der Waals surface area contributed by atoms with E-state index in [-0.39, 0.29) is 5.69 Å². The van der Waals surface area contributed by atoms with Gasteiger partial charge in [-0.05, 0) is 30.2 Å². The summed E-state index contributed by atoms with van der Waals surface area (Å²) in [5, 5.41) is 2.86. The summed E-state index contributed by atoms with van der Waals surface area (Å²) in [6.45, 7) is 3.38. The zero-order chi connectivity index (χ0) is 14.6. The van der Waals surface area contributed by atoms with Crippen molar-refractivity contribution in [1.29, 1.82) is 0 Å². The van der Waals surface area contributed by atoms with Gasteiger partial charge < -0.3 is 9.88 Å². The van der Waals surface area contributed by atoms with E-state index in [1.165, 1.54) is 12.1 Å². The van der Waals surface area contributed by atoms with Crippen molar-refractivity contribution in [3.8, 4) is 0 Å². The SMILES string of the molecule is CCCn1ccc(CNc2ccccc2C(F)(F)F)c1. The van der Waals surface area contributed by atoms with Gasteiger partial charge in [-0.2, -0.15) is 13.2 Å². The summed E-state index contributed by atoms with van der Waals surface area (Å²) >= 11 is 0. The summed E-state index contributed by atoms with van der Waals surface area (Å²) in [6, 6.07) is 7.45. The van der Waals surface area contributed by atoms with Crippen molar-refractivity contribution in [2.45, 2.75) is 32.6 Å². The van der Waals surface area contributed by atoms with E-state index in [9.17, 15) is 13.2 Å². The summed E-state index contributed by atoms with van der Waals surface area (Å²) in [5.41, 5.74) is 0.451. The molecule has 0 atom stereocenters. The first-order chi connectivity index (χ1) is 9.50. The van der Waals surface area contributed by atoms with E-state index in [4.69, 9.17) is 0 Å². The number of hydrogen-bond acceptors (Lipinski definition) is 1. The van der Waals surface area contributed by atoms with Gasteiger partial charge in [0.15, 0.2) is 0 Å². The van der Waals surface area contributed by atoms with Crippen molar-refractivity contribution >= 4 is 5.69 Å². The van der Waals surface area contributed by atoms with Crippen molar-refractivity contribution < 1.29 is 13.2 Å². The fraction of sp³-hybridized carbons (Fsp3) is 0.333. The number of benzene rings is 1. The molecule has 0 amide bonds. The number of para-hydroxylation sites is 1. The first-order valence-corrected chi connectivity index (χ1v) is 6.55. The van der Waals surface area contributed by atoms with E-state index in [0.29, 0.717) is 6.54 Å². The van der Waals surface area contributed by atoms with Gasteiger partial charge in [-0.3, -0.25) is 0 Å². The summed E-state index contributed by atoms with van der Waals surface area (Å²) in [4.78, 5) is 0. The van der Waals surface area contributed by atoms with Crippen LogP contribution >= 0.6 is 0 Å². The molecule has 0 unspecified atom stereocenters. The molecule has 0 saturated heterocycles. The number of anilines is 1. The first-order valence-electron chi connectivity index (χ1n) is 6.55. The minimum absolute atomic E-state index is 0.114. The maximum absolute atomic E-state index is 12.8. The third kappa shape index (κ3) is 3.56. The van der Waals surface area contributed by atoms with E-state index in [2.05, 4.69) is 12.2 Å². The Balaban J connectivity index is 2.07. The Hall–Kier alpha value is -1.91. The minimum atomic E-state index is -4.34. The Bertz CT molecular complexity index is 558. The molecule has 20 heavy (non-hydrogen) atoms. The number of alkyl halides is 3. The van der Waals surface area contributed by atoms with Crippen molar-refractivity contribution in [3.05, 3.63) is 53.9 Å². The molecule has 0 aliphatic heterocycles. The van der Waals surface area contributed by atoms with Gasteiger partial charge in [-0.25, -0.2) is 0 Å². The van der Waals surface area contributed by atoms with Crippen LogP contribution in [0, 0.1) is 0 Å². The highest BCUT2D eigenvalue weighted by atomic mass is 19.4. The molecule has 2 nitrogen and oxygen atoms in total. The minimum Gasteiger partial charge on any atom is -0.380 e. The number of nitrogens with zero attached hydrogens (tertiary/aromatic N) is 1. The maximum atomic E-state index is 12.8. The van der Waals surface area contributed by atoms with Crippen LogP contribution in [0.5, 0.6) is 0 Å². The standard InChI is InChI=1S/C15H17F3N2/c1-2-8-20-9-7-12(11-20)10-19-14-6-4-3-5-13(14)15(16,17)18/h3-7,9,11,19H,2,8,10H2,1H3. The molecule has 0 aliphatic rings. The van der Waals surface area contributed by atoms with Crippen LogP contribution in [0.4, 0.5) is 18.9 Å². The Kier molecular flexibility index (Phi) is 4.37. The predicted octanol–water partition coefficient (Wildman–Crippen LogP) is 4.53. The maximum Gasteiger partial charge on any atom is 0.418 e. The van der Waals surface area contributed by atoms with Crippen LogP contribution in [0.3, 0.4) is 0 Å². The highest BCUT2D eigenvalue weighted by Gasteiger charge is 2.32. The van der Waals surface area contributed by atoms with Gasteiger partial charge in [-0.1, -0.05) is 19.1 Å². The molecule has 1 N–H and O–H groups in total. The molecule has 1 aromatic carbocycles. The number of nitrogens with one attached hydrogen (secondary N) is 1. The monoisotopic (exact) mass is 282 g/mol. The summed E-state index contributed by atoms with van der Waals surface area (Å²) < 4.78 is 40.5. The van der Waals surface area contributed by atoms with Crippen molar-refractivity contribution in [3.63, 3.8) is 0 Å². The molecule has 1 aromatic heterocycles. The lowest BCUT2D eigenvalue weighted by Gasteiger charge is -2.13. The van der Waals surface area contributed by atoms with Crippen LogP contribution in [-0.2, 0) is 19.3 Å². The third-order valence-corrected chi connectivity index (χ3v) is 3.01. The number of hydrogen-bond donors (Lipinski definition) is 1. The van der Waals surface area contributed by atoms with Crippen LogP contribution in [-0.4, -0.2) is 4.57 Å². The summed E-state index contributed by atoms with van der Waals surface area (Å²) in [6.07, 6.45) is 0.582. The quantitative estimate of drug-likeness (QED) is 0.852. The Labute approximate surface area is 116 Å². The van der Waals surface area contributed by atoms with Gasteiger partial charge in [0.2, 0.25) is 0 Å². The van der Waals surface area contributed by atoms with E-state index >= 15 is 0 Å². The zero-order valence-corrected chi connectivity index (χ0v) is 11.2. The summed E-state index contributed by atoms with van der Waals surface area (Å²) in [5.74, 6) is 0. The molecule has 0 saturated carbocycles. The molecule has 5 heteroatoms. The van der Waals surface area contributed by atoms with Gasteiger partial charge in [-0.15, -0.1) is 0 Å². The van der Waals surface area contributed by atoms with Gasteiger partial charge >= 0.3 is 6.18 Å². The molecule has 0 spiro atoms. The number of aromatic nitrogens is 1. The highest BCUT2D eigenvalue weighted by molar-refractivity contribution is 5.52. The van der Waals surface area contributed by atoms with E-state index in [0.717, 1.165) is 24.6 Å². The molecule has 1 heterocycles. The number of rotatable bonds is 5. The average Bonchev–Trinajstić information content (AvgIpc) is 2.84. The highest BCUT2D eigenvalue weighted by Crippen LogP contribution is 2.34. The molecule has 108 valence electrons. The number of aryl methyl sites for hydroxylation is 1. The van der Waals surface area contributed by atoms with E-state index in [1.54, 1.807) is 6.07 Å². The van der Waals surface area contributed by atoms with Crippen LogP contribution in [0.1, 0.15) is 24.5 Å². The topological polar surface area (TPSA) is 17.0 Å². The molecule has 0 aliphatic carbocycles. The molecular formula is C15H17F3N2. The van der Waals surface area contributed by atoms with Crippen molar-refractivity contribution in [1.82, 2.24) is 4.57 Å². The second-order valence-corrected chi connectivity index (χ2v) is 4.65. The van der Waals surface area contributed by atoms with Gasteiger partial charge in [0.25, 0.3) is 0 Å². The Morgan fingerprint density at radius 2 is 1.90 bits per heavy atom. The van der Waals surface area contributed by atoms with E-state index < -0.39 is 11.7 Å². The molecule has 2 rings (SSSR count). The van der Waals surface area contributed by atoms with Gasteiger partial charge in [0.05, 0.1) is 5.56 Å². The van der Waals surface area contributed by atoms with Gasteiger partial charge in [0, 0.05) is 31.2 Å². The zero-order valence-electron chi connectivity index (χ0n) is 11.2.